The number of allylic oxidation sites excluding steroid dienone is 6. The Bertz CT molecular complexity index is 4800. The van der Waals surface area contributed by atoms with Crippen LogP contribution < -0.4 is 36.5 Å². The number of nitrogen functional groups attached to an aromatic ring is 1. The minimum absolute atomic E-state index is 0.00727. The molecule has 2 aromatic heterocycles. The number of phosphoric acid groups is 3. The molecule has 3 aromatic carbocycles. The van der Waals surface area contributed by atoms with E-state index in [1.165, 1.54) is 35.0 Å². The zero-order valence-electron chi connectivity index (χ0n) is 57.3. The van der Waals surface area contributed by atoms with E-state index in [-0.39, 0.29) is 110 Å². The fourth-order valence-corrected chi connectivity index (χ4v) is 15.8. The van der Waals surface area contributed by atoms with Gasteiger partial charge >= 0.3 is 23.5 Å². The molecule has 0 bridgehead atoms. The van der Waals surface area contributed by atoms with Crippen molar-refractivity contribution in [3.63, 3.8) is 0 Å². The van der Waals surface area contributed by atoms with Crippen LogP contribution in [0.4, 0.5) is 17.2 Å². The van der Waals surface area contributed by atoms with Gasteiger partial charge in [0.25, 0.3) is 5.91 Å². The minimum Gasteiger partial charge on any atom is -0.748 e. The Morgan fingerprint density at radius 1 is 0.906 bits per heavy atom. The van der Waals surface area contributed by atoms with Crippen LogP contribution in [0.3, 0.4) is 0 Å². The van der Waals surface area contributed by atoms with E-state index in [4.69, 9.17) is 54.4 Å². The predicted molar refractivity (Wildman–Crippen MR) is 378 cm³/mol. The summed E-state index contributed by atoms with van der Waals surface area (Å²) >= 11 is 0. The molecule has 39 nitrogen and oxygen atoms in total. The topological polar surface area (TPSA) is 571 Å². The molecule has 3 aliphatic rings. The van der Waals surface area contributed by atoms with Crippen molar-refractivity contribution < 1.29 is 110 Å². The Morgan fingerprint density at radius 2 is 1.67 bits per heavy atom. The molecule has 44 heteroatoms. The van der Waals surface area contributed by atoms with E-state index in [0.717, 1.165) is 29.0 Å². The lowest BCUT2D eigenvalue weighted by molar-refractivity contribution is -0.438. The van der Waals surface area contributed by atoms with Crippen LogP contribution in [-0.2, 0) is 86.3 Å². The maximum Gasteiger partial charge on any atom is 0.490 e. The van der Waals surface area contributed by atoms with Gasteiger partial charge in [-0.2, -0.15) is 13.2 Å². The molecule has 8 rings (SSSR count). The number of aromatic nitrogens is 3. The van der Waals surface area contributed by atoms with Gasteiger partial charge in [0, 0.05) is 101 Å². The fourth-order valence-electron chi connectivity index (χ4n) is 11.7. The van der Waals surface area contributed by atoms with Crippen LogP contribution in [0.15, 0.2) is 130 Å². The van der Waals surface area contributed by atoms with Crippen LogP contribution in [0.1, 0.15) is 86.7 Å². The van der Waals surface area contributed by atoms with Gasteiger partial charge in [0.2, 0.25) is 27.5 Å². The van der Waals surface area contributed by atoms with Crippen LogP contribution in [0.5, 0.6) is 5.75 Å². The first kappa shape index (κ1) is 82.9. The molecule has 1 saturated heterocycles. The van der Waals surface area contributed by atoms with Gasteiger partial charge in [-0.1, -0.05) is 78.4 Å². The van der Waals surface area contributed by atoms with E-state index in [1.54, 1.807) is 18.2 Å². The van der Waals surface area contributed by atoms with Crippen molar-refractivity contribution in [2.75, 3.05) is 88.9 Å². The number of phosphoric ester groups is 1. The van der Waals surface area contributed by atoms with Gasteiger partial charge in [-0.3, -0.25) is 18.9 Å². The molecule has 0 aliphatic carbocycles. The minimum atomic E-state index is -5.84. The number of carbonyl (C=O) groups is 3. The molecular weight excluding hydrogens is 1490 g/mol. The lowest BCUT2D eigenvalue weighted by Gasteiger charge is -2.27. The molecule has 0 saturated carbocycles. The van der Waals surface area contributed by atoms with E-state index >= 15 is 0 Å². The standard InChI is InChI=1S/C62H77N16O23P3S2/c1-61(2)45-17-8-9-18-47(45)76(27-10-11-31-105(89,90)91)51(61)19-6-5-7-20-52-62(3,4)46-33-44(106(66,92)93)21-22-48(46)77(52)28-23-53(79)68-25-26-69-60(81)41-14-12-16-43(32-41)96-38-55(73-75-65)95-30-29-94-37-54(80)67-24-13-15-42-35-78(59-57(42)58(63)70-39-71-59)56-34-49(97-40-72-74-64)50(99-56)36-98-103(85,86)101-104(87,88)100-102(82,83)84/h5-9,12,14,16-22,32-33,35,39,49-50,55-56H,10-11,23-31,34,36-38,40H2,1-4H3,(H11-,63,66,67,68,69,70,71,79,80,81,82,83,84,85,86,87,88,89,90,91,92,93)/t49?,50-,55?,56-/m1/s1. The first-order chi connectivity index (χ1) is 50.0. The highest BCUT2D eigenvalue weighted by molar-refractivity contribution is 7.89. The average molecular weight is 1570 g/mol. The number of amides is 3. The Hall–Kier alpha value is -8.77. The average Bonchev–Trinajstić information content (AvgIpc) is 1.52. The fraction of sp³-hybridized carbons (Fsp3) is 0.419. The van der Waals surface area contributed by atoms with Gasteiger partial charge in [0.1, 0.15) is 62.4 Å². The summed E-state index contributed by atoms with van der Waals surface area (Å²) in [7, 11) is -25.5. The number of benzene rings is 3. The number of nitrogens with one attached hydrogen (secondary N) is 3. The van der Waals surface area contributed by atoms with E-state index in [2.05, 4.69) is 90.9 Å². The number of fused-ring (bicyclic) bond motifs is 3. The number of azide groups is 2. The van der Waals surface area contributed by atoms with Gasteiger partial charge in [-0.25, -0.2) is 45.6 Å². The normalized spacial score (nSPS) is 18.6. The van der Waals surface area contributed by atoms with Crippen molar-refractivity contribution in [3.05, 3.63) is 158 Å². The molecule has 6 atom stereocenters. The molecular formula is C62H77N16O23P3S2. The summed E-state index contributed by atoms with van der Waals surface area (Å²) < 4.78 is 139. The predicted octanol–water partition coefficient (Wildman–Crippen LogP) is 5.59. The van der Waals surface area contributed by atoms with Crippen LogP contribution >= 0.6 is 23.5 Å². The molecule has 3 aliphatic heterocycles. The summed E-state index contributed by atoms with van der Waals surface area (Å²) in [5.41, 5.74) is 28.9. The van der Waals surface area contributed by atoms with Gasteiger partial charge < -0.3 is 79.0 Å². The lowest BCUT2D eigenvalue weighted by Crippen LogP contribution is -2.36. The maximum atomic E-state index is 13.4. The summed E-state index contributed by atoms with van der Waals surface area (Å²) in [6, 6.07) is 18.7. The molecule has 570 valence electrons. The molecule has 5 heterocycles. The second kappa shape index (κ2) is 36.2. The first-order valence-corrected chi connectivity index (χ1v) is 39.8. The lowest BCUT2D eigenvalue weighted by atomic mass is 9.81. The molecule has 11 N–H and O–H groups in total. The molecule has 106 heavy (non-hydrogen) atoms. The molecule has 0 spiro atoms. The van der Waals surface area contributed by atoms with Crippen molar-refractivity contribution in [3.8, 4) is 17.6 Å². The van der Waals surface area contributed by atoms with Crippen molar-refractivity contribution >= 4 is 95.3 Å². The summed E-state index contributed by atoms with van der Waals surface area (Å²) in [5, 5.41) is 20.9. The van der Waals surface area contributed by atoms with Crippen LogP contribution in [-0.4, -0.2) is 180 Å². The van der Waals surface area contributed by atoms with E-state index in [1.807, 2.05) is 67.3 Å². The highest BCUT2D eigenvalue weighted by Gasteiger charge is 2.46. The monoisotopic (exact) mass is 1570 g/mol. The number of carbonyl (C=O) groups excluding carboxylic acids is 3. The summed E-state index contributed by atoms with van der Waals surface area (Å²) in [6.45, 7) is 6.24. The Labute approximate surface area is 607 Å². The number of sulfonamides is 1. The largest absolute Gasteiger partial charge is 0.748 e. The molecule has 5 aromatic rings. The molecule has 0 radical (unpaired) electrons. The number of hydrogen-bond acceptors (Lipinski definition) is 25. The van der Waals surface area contributed by atoms with Crippen molar-refractivity contribution in [2.45, 2.75) is 93.8 Å². The van der Waals surface area contributed by atoms with Gasteiger partial charge in [0.05, 0.1) is 63.8 Å². The first-order valence-electron chi connectivity index (χ1n) is 32.1. The van der Waals surface area contributed by atoms with Crippen molar-refractivity contribution in [2.24, 2.45) is 15.4 Å². The van der Waals surface area contributed by atoms with E-state index in [9.17, 15) is 64.8 Å². The summed E-state index contributed by atoms with van der Waals surface area (Å²) in [5.74, 6) is 4.03. The SMILES string of the molecule is CC1(C)C(/C=C/C=C/C=C2\N(CCC(=O)NCCNC(=O)c3cccc(OCC(N=[N+]=[N-])OCCOCC(=O)NCC#Cc4cn([C@H]5CC(OCN=[N+]=[N-])[C@@H](COP(=O)(O)OP(=O)(O)OP(=O)(O)O)O5)c5ncnc(N)c45)c3)c3ccc(S(N)(=O)=O)cc3C2(C)C)=[N+](CCCCS(=O)(=O)[O-])c2ccccc21. The Kier molecular flexibility index (Phi) is 28.3. The number of anilines is 2. The second-order valence-corrected chi connectivity index (χ2v) is 32.0. The third-order valence-electron chi connectivity index (χ3n) is 16.4. The van der Waals surface area contributed by atoms with E-state index < -0.39 is 117 Å². The Balaban J connectivity index is 0.773. The smallest absolute Gasteiger partial charge is 0.490 e. The van der Waals surface area contributed by atoms with Crippen LogP contribution in [0.2, 0.25) is 0 Å². The van der Waals surface area contributed by atoms with Crippen LogP contribution in [0.25, 0.3) is 31.9 Å². The van der Waals surface area contributed by atoms with Crippen molar-refractivity contribution in [1.82, 2.24) is 30.5 Å². The molecule has 4 unspecified atom stereocenters. The quantitative estimate of drug-likeness (QED) is 0.00267. The number of nitrogens with zero attached hydrogens (tertiary/aromatic N) is 11. The zero-order chi connectivity index (χ0) is 77.3. The van der Waals surface area contributed by atoms with Gasteiger partial charge in [0.15, 0.2) is 11.9 Å². The summed E-state index contributed by atoms with van der Waals surface area (Å²) in [4.78, 5) is 92.2. The third kappa shape index (κ3) is 23.1. The highest BCUT2D eigenvalue weighted by atomic mass is 32.2. The highest BCUT2D eigenvalue weighted by Crippen LogP contribution is 2.66. The zero-order valence-corrected chi connectivity index (χ0v) is 61.6. The second-order valence-electron chi connectivity index (χ2n) is 24.5. The Morgan fingerprint density at radius 3 is 2.41 bits per heavy atom. The summed E-state index contributed by atoms with van der Waals surface area (Å²) in [6.07, 6.45) is 8.20. The van der Waals surface area contributed by atoms with Gasteiger partial charge in [-0.15, -0.1) is 0 Å². The van der Waals surface area contributed by atoms with Gasteiger partial charge in [-0.05, 0) is 79.4 Å². The number of unbranched alkanes of at least 4 members (excludes halogenated alkanes) is 1. The number of nitrogens with two attached hydrogens (primary N) is 2. The third-order valence-corrected chi connectivity index (χ3v) is 21.9. The number of rotatable bonds is 38. The van der Waals surface area contributed by atoms with E-state index in [0.29, 0.717) is 24.2 Å². The number of primary sulfonamides is 1. The number of hydrogen-bond donors (Lipinski definition) is 9. The van der Waals surface area contributed by atoms with Crippen molar-refractivity contribution in [1.29, 1.82) is 0 Å². The number of ether oxygens (including phenoxy) is 5. The molecule has 3 amide bonds. The number of para-hydroxylation sites is 1. The van der Waals surface area contributed by atoms with Crippen LogP contribution in [0, 0.1) is 11.8 Å². The molecule has 1 fully saturated rings. The maximum absolute atomic E-state index is 13.4.